The van der Waals surface area contributed by atoms with E-state index >= 15 is 4.39 Å². The Balaban J connectivity index is 1.32. The molecule has 11 heteroatoms. The van der Waals surface area contributed by atoms with E-state index in [1.54, 1.807) is 4.90 Å². The van der Waals surface area contributed by atoms with Gasteiger partial charge in [0, 0.05) is 48.4 Å². The van der Waals surface area contributed by atoms with Gasteiger partial charge < -0.3 is 15.4 Å². The monoisotopic (exact) mass is 604 g/mol. The van der Waals surface area contributed by atoms with Gasteiger partial charge in [-0.3, -0.25) is 9.88 Å². The lowest BCUT2D eigenvalue weighted by Crippen LogP contribution is -2.43. The first-order chi connectivity index (χ1) is 22.0. The Hall–Kier alpha value is -4.17. The number of hydrogen-bond donors (Lipinski definition) is 1. The smallest absolute Gasteiger partial charge is 0.319 e. The summed E-state index contributed by atoms with van der Waals surface area (Å²) in [5.74, 6) is -0.311. The van der Waals surface area contributed by atoms with Gasteiger partial charge in [0.1, 0.15) is 29.8 Å². The Bertz CT molecular complexity index is 1990. The Morgan fingerprint density at radius 2 is 2.02 bits per heavy atom. The maximum Gasteiger partial charge on any atom is 0.319 e. The summed E-state index contributed by atoms with van der Waals surface area (Å²) in [5.41, 5.74) is 4.24. The van der Waals surface area contributed by atoms with E-state index < -0.39 is 41.3 Å². The standard InChI is InChI=1S/C33H30F4N6O/c1-2-21-26-18(10-24(35)27(21)36)9-20(38)12-22(26)29-28(37)30-23(14-39-29)31(43-8-3-5-17-11-25(17)43)41-32(40-30)44-16-33-6-4-7-42(33)15-19(34)13-33/h1,9-10,12,14,17,19,25H,3-8,11,13,15-16,38H2/t17-,19+,25+,33-/m0/s1/i16D2. The molecule has 1 saturated carbocycles. The largest absolute Gasteiger partial charge is 0.461 e. The second kappa shape index (κ2) is 9.92. The van der Waals surface area contributed by atoms with Crippen molar-refractivity contribution in [3.8, 4) is 29.6 Å². The number of nitrogen functional groups attached to an aromatic ring is 1. The van der Waals surface area contributed by atoms with Gasteiger partial charge >= 0.3 is 6.01 Å². The van der Waals surface area contributed by atoms with Crippen LogP contribution in [0.3, 0.4) is 0 Å². The van der Waals surface area contributed by atoms with Gasteiger partial charge in [0.25, 0.3) is 0 Å². The number of aromatic nitrogens is 3. The van der Waals surface area contributed by atoms with Gasteiger partial charge in [-0.05, 0) is 68.2 Å². The fraction of sp³-hybridized carbons (Fsp3) is 0.424. The Labute approximate surface area is 254 Å². The van der Waals surface area contributed by atoms with E-state index in [4.69, 9.17) is 19.6 Å². The lowest BCUT2D eigenvalue weighted by atomic mass is 9.95. The van der Waals surface area contributed by atoms with Crippen molar-refractivity contribution in [3.63, 3.8) is 0 Å². The van der Waals surface area contributed by atoms with Crippen molar-refractivity contribution in [1.82, 2.24) is 19.9 Å². The van der Waals surface area contributed by atoms with Crippen molar-refractivity contribution in [2.75, 3.05) is 36.8 Å². The fourth-order valence-electron chi connectivity index (χ4n) is 7.58. The summed E-state index contributed by atoms with van der Waals surface area (Å²) < 4.78 is 84.6. The summed E-state index contributed by atoms with van der Waals surface area (Å²) in [7, 11) is 0. The normalized spacial score (nSPS) is 27.2. The molecule has 2 N–H and O–H groups in total. The molecule has 44 heavy (non-hydrogen) atoms. The van der Waals surface area contributed by atoms with Crippen molar-refractivity contribution in [3.05, 3.63) is 47.4 Å². The number of pyridine rings is 1. The first-order valence-electron chi connectivity index (χ1n) is 15.9. The fourth-order valence-corrected chi connectivity index (χ4v) is 7.58. The number of ether oxygens (including phenoxy) is 1. The molecule has 4 atom stereocenters. The molecule has 5 heterocycles. The lowest BCUT2D eigenvalue weighted by Gasteiger charge is -2.31. The maximum absolute atomic E-state index is 16.8. The van der Waals surface area contributed by atoms with Crippen LogP contribution in [-0.4, -0.2) is 63.8 Å². The average Bonchev–Trinajstić information content (AvgIpc) is 3.59. The minimum Gasteiger partial charge on any atom is -0.461 e. The zero-order valence-electron chi connectivity index (χ0n) is 25.7. The molecule has 0 radical (unpaired) electrons. The van der Waals surface area contributed by atoms with E-state index in [0.29, 0.717) is 37.7 Å². The highest BCUT2D eigenvalue weighted by Crippen LogP contribution is 2.47. The molecular weight excluding hydrogens is 572 g/mol. The molecule has 1 aliphatic carbocycles. The highest BCUT2D eigenvalue weighted by molar-refractivity contribution is 6.03. The zero-order valence-corrected chi connectivity index (χ0v) is 23.7. The van der Waals surface area contributed by atoms with Crippen LogP contribution < -0.4 is 15.4 Å². The van der Waals surface area contributed by atoms with Gasteiger partial charge in [0.2, 0.25) is 0 Å². The Morgan fingerprint density at radius 3 is 2.86 bits per heavy atom. The number of rotatable bonds is 5. The predicted molar refractivity (Wildman–Crippen MR) is 160 cm³/mol. The first-order valence-corrected chi connectivity index (χ1v) is 14.9. The average molecular weight is 605 g/mol. The molecule has 0 amide bonds. The molecular formula is C33H30F4N6O. The van der Waals surface area contributed by atoms with E-state index in [9.17, 15) is 13.2 Å². The Kier molecular flexibility index (Phi) is 5.68. The number of hydrogen-bond acceptors (Lipinski definition) is 7. The van der Waals surface area contributed by atoms with E-state index in [1.807, 2.05) is 0 Å². The third kappa shape index (κ3) is 4.18. The second-order valence-corrected chi connectivity index (χ2v) is 12.4. The maximum atomic E-state index is 16.8. The summed E-state index contributed by atoms with van der Waals surface area (Å²) in [6.07, 6.45) is 9.80. The van der Waals surface area contributed by atoms with Crippen LogP contribution in [0.5, 0.6) is 6.01 Å². The highest BCUT2D eigenvalue weighted by atomic mass is 19.2. The zero-order chi connectivity index (χ0) is 32.1. The molecule has 8 rings (SSSR count). The number of benzene rings is 2. The first kappa shape index (κ1) is 25.2. The van der Waals surface area contributed by atoms with Crippen molar-refractivity contribution in [2.24, 2.45) is 5.92 Å². The van der Waals surface area contributed by atoms with Crippen molar-refractivity contribution < 1.29 is 25.0 Å². The number of terminal acetylenes is 1. The molecule has 3 saturated heterocycles. The minimum atomic E-state index is -2.39. The molecule has 4 fully saturated rings. The van der Waals surface area contributed by atoms with Gasteiger partial charge in [-0.1, -0.05) is 5.92 Å². The summed E-state index contributed by atoms with van der Waals surface area (Å²) in [6, 6.07) is 3.55. The van der Waals surface area contributed by atoms with Crippen LogP contribution >= 0.6 is 0 Å². The van der Waals surface area contributed by atoms with Crippen LogP contribution in [0.1, 0.15) is 46.8 Å². The van der Waals surface area contributed by atoms with Crippen LogP contribution in [0.2, 0.25) is 0 Å². The Morgan fingerprint density at radius 1 is 1.16 bits per heavy atom. The summed E-state index contributed by atoms with van der Waals surface area (Å²) >= 11 is 0. The third-order valence-corrected chi connectivity index (χ3v) is 9.66. The van der Waals surface area contributed by atoms with Gasteiger partial charge in [0.15, 0.2) is 17.5 Å². The van der Waals surface area contributed by atoms with Gasteiger partial charge in [-0.2, -0.15) is 9.97 Å². The molecule has 0 spiro atoms. The van der Waals surface area contributed by atoms with E-state index in [0.717, 1.165) is 25.3 Å². The van der Waals surface area contributed by atoms with Crippen molar-refractivity contribution in [2.45, 2.75) is 56.3 Å². The number of halogens is 4. The van der Waals surface area contributed by atoms with Crippen LogP contribution in [0.25, 0.3) is 32.9 Å². The quantitative estimate of drug-likeness (QED) is 0.176. The summed E-state index contributed by atoms with van der Waals surface area (Å²) in [4.78, 5) is 17.3. The molecule has 226 valence electrons. The van der Waals surface area contributed by atoms with E-state index in [1.165, 1.54) is 18.3 Å². The van der Waals surface area contributed by atoms with Crippen molar-refractivity contribution >= 4 is 33.2 Å². The molecule has 0 bridgehead atoms. The van der Waals surface area contributed by atoms with Gasteiger partial charge in [0.05, 0.1) is 19.2 Å². The van der Waals surface area contributed by atoms with Crippen LogP contribution in [-0.2, 0) is 0 Å². The summed E-state index contributed by atoms with van der Waals surface area (Å²) in [5, 5.41) is 0.511. The van der Waals surface area contributed by atoms with E-state index in [-0.39, 0.29) is 63.6 Å². The number of nitrogens with two attached hydrogens (primary N) is 1. The lowest BCUT2D eigenvalue weighted by molar-refractivity contribution is 0.107. The molecule has 0 unspecified atom stereocenters. The SMILES string of the molecule is [2H]C([2H])(Oc1nc(N2CCC[C@H]3C[C@H]32)c2cnc(-c3cc(N)cc4cc(F)c(F)c(C#C)c34)c(F)c2n1)[C@@]12CCCN1C[C@H](F)C2. The molecule has 2 aromatic heterocycles. The number of piperidine rings is 1. The van der Waals surface area contributed by atoms with Crippen LogP contribution in [0.4, 0.5) is 29.1 Å². The van der Waals surface area contributed by atoms with Gasteiger partial charge in [-0.25, -0.2) is 17.6 Å². The number of alkyl halides is 1. The van der Waals surface area contributed by atoms with Crippen molar-refractivity contribution in [1.29, 1.82) is 0 Å². The topological polar surface area (TPSA) is 80.4 Å². The van der Waals surface area contributed by atoms with E-state index in [2.05, 4.69) is 25.8 Å². The third-order valence-electron chi connectivity index (χ3n) is 9.66. The molecule has 4 aromatic rings. The minimum absolute atomic E-state index is 0.0318. The summed E-state index contributed by atoms with van der Waals surface area (Å²) in [6.45, 7) is -1.07. The molecule has 7 nitrogen and oxygen atoms in total. The van der Waals surface area contributed by atoms with Gasteiger partial charge in [-0.15, -0.1) is 6.42 Å². The van der Waals surface area contributed by atoms with Crippen LogP contribution in [0, 0.1) is 35.7 Å². The molecule has 2 aromatic carbocycles. The number of fused-ring (bicyclic) bond motifs is 4. The number of nitrogens with zero attached hydrogens (tertiary/aromatic N) is 5. The number of anilines is 2. The molecule has 4 aliphatic rings. The second-order valence-electron chi connectivity index (χ2n) is 12.4. The predicted octanol–water partition coefficient (Wildman–Crippen LogP) is 5.77. The highest BCUT2D eigenvalue weighted by Gasteiger charge is 2.50. The van der Waals surface area contributed by atoms with Crippen LogP contribution in [0.15, 0.2) is 24.4 Å². The molecule has 3 aliphatic heterocycles.